The molecule has 352 valence electrons. The maximum absolute atomic E-state index is 2.46. The first-order valence-corrected chi connectivity index (χ1v) is 27.0. The van der Waals surface area contributed by atoms with Gasteiger partial charge in [-0.05, 0) is 171 Å². The van der Waals surface area contributed by atoms with Crippen molar-refractivity contribution in [3.63, 3.8) is 0 Å². The molecule has 13 aromatic rings. The van der Waals surface area contributed by atoms with Crippen molar-refractivity contribution >= 4 is 83.2 Å². The first-order chi connectivity index (χ1) is 36.1. The predicted molar refractivity (Wildman–Crippen MR) is 317 cm³/mol. The van der Waals surface area contributed by atoms with Gasteiger partial charge in [0, 0.05) is 50.0 Å². The van der Waals surface area contributed by atoms with Crippen LogP contribution < -0.4 is 4.90 Å². The summed E-state index contributed by atoms with van der Waals surface area (Å²) >= 11 is 1.75. The van der Waals surface area contributed by atoms with Gasteiger partial charge in [0.15, 0.2) is 0 Å². The van der Waals surface area contributed by atoms with E-state index in [4.69, 9.17) is 0 Å². The Balaban J connectivity index is 0.00000105. The molecule has 1 aliphatic rings. The van der Waals surface area contributed by atoms with E-state index < -0.39 is 0 Å². The lowest BCUT2D eigenvalue weighted by molar-refractivity contribution is 1.18. The van der Waals surface area contributed by atoms with Crippen molar-refractivity contribution in [2.75, 3.05) is 17.4 Å². The van der Waals surface area contributed by atoms with E-state index in [0.717, 1.165) is 29.2 Å². The number of thioether (sulfide) groups is 1. The molecular formula is C69H55N3S. The molecule has 0 aliphatic heterocycles. The number of para-hydroxylation sites is 4. The van der Waals surface area contributed by atoms with Gasteiger partial charge in [-0.2, -0.15) is 11.8 Å². The van der Waals surface area contributed by atoms with E-state index in [9.17, 15) is 0 Å². The Kier molecular flexibility index (Phi) is 12.2. The fourth-order valence-electron chi connectivity index (χ4n) is 11.2. The average molecular weight is 958 g/mol. The molecule has 0 unspecified atom stereocenters. The van der Waals surface area contributed by atoms with Crippen LogP contribution in [0.1, 0.15) is 25.0 Å². The molecule has 0 fully saturated rings. The first kappa shape index (κ1) is 45.6. The van der Waals surface area contributed by atoms with Crippen molar-refractivity contribution < 1.29 is 0 Å². The van der Waals surface area contributed by atoms with Crippen molar-refractivity contribution in [2.24, 2.45) is 0 Å². The van der Waals surface area contributed by atoms with Crippen LogP contribution >= 0.6 is 11.8 Å². The van der Waals surface area contributed by atoms with Crippen LogP contribution in [-0.2, 0) is 6.42 Å². The molecule has 2 aromatic heterocycles. The molecule has 73 heavy (non-hydrogen) atoms. The number of hydrogen-bond acceptors (Lipinski definition) is 2. The average Bonchev–Trinajstić information content (AvgIpc) is 4.11. The maximum atomic E-state index is 2.46. The third kappa shape index (κ3) is 8.05. The lowest BCUT2D eigenvalue weighted by Crippen LogP contribution is -2.10. The molecule has 3 nitrogen and oxygen atoms in total. The second-order valence-electron chi connectivity index (χ2n) is 18.5. The lowest BCUT2D eigenvalue weighted by Gasteiger charge is -2.26. The second kappa shape index (κ2) is 19.6. The predicted octanol–water partition coefficient (Wildman–Crippen LogP) is 19.4. The number of nitrogens with zero attached hydrogens (tertiary/aromatic N) is 3. The van der Waals surface area contributed by atoms with E-state index >= 15 is 0 Å². The van der Waals surface area contributed by atoms with Crippen molar-refractivity contribution in [1.29, 1.82) is 0 Å². The summed E-state index contributed by atoms with van der Waals surface area (Å²) in [5.74, 6) is 0. The third-order valence-corrected chi connectivity index (χ3v) is 14.3. The summed E-state index contributed by atoms with van der Waals surface area (Å²) in [5.41, 5.74) is 20.7. The van der Waals surface area contributed by atoms with E-state index in [1.807, 2.05) is 26.4 Å². The zero-order valence-electron chi connectivity index (χ0n) is 41.6. The molecule has 0 N–H and O–H groups in total. The highest BCUT2D eigenvalue weighted by atomic mass is 32.2. The van der Waals surface area contributed by atoms with Gasteiger partial charge in [-0.15, -0.1) is 0 Å². The van der Waals surface area contributed by atoms with E-state index in [1.165, 1.54) is 105 Å². The van der Waals surface area contributed by atoms with Crippen molar-refractivity contribution in [3.8, 4) is 44.8 Å². The van der Waals surface area contributed by atoms with Gasteiger partial charge in [0.25, 0.3) is 0 Å². The van der Waals surface area contributed by atoms with Crippen molar-refractivity contribution in [3.05, 3.63) is 260 Å². The van der Waals surface area contributed by atoms with E-state index in [-0.39, 0.29) is 0 Å². The van der Waals surface area contributed by atoms with Crippen LogP contribution in [0.2, 0.25) is 0 Å². The quantitative estimate of drug-likeness (QED) is 0.158. The fraction of sp³-hybridized carbons (Fsp3) is 0.0725. The molecule has 4 heteroatoms. The molecule has 0 amide bonds. The first-order valence-electron chi connectivity index (χ1n) is 25.4. The van der Waals surface area contributed by atoms with Gasteiger partial charge in [-0.3, -0.25) is 0 Å². The zero-order valence-corrected chi connectivity index (χ0v) is 42.4. The molecule has 0 saturated carbocycles. The van der Waals surface area contributed by atoms with E-state index in [1.54, 1.807) is 11.8 Å². The number of fused-ring (bicyclic) bond motifs is 11. The molecular weight excluding hydrogens is 903 g/mol. The van der Waals surface area contributed by atoms with E-state index in [2.05, 4.69) is 263 Å². The molecule has 0 atom stereocenters. The van der Waals surface area contributed by atoms with E-state index in [0.29, 0.717) is 0 Å². The number of benzene rings is 11. The molecule has 0 saturated heterocycles. The Labute approximate surface area is 432 Å². The van der Waals surface area contributed by atoms with Gasteiger partial charge in [-0.25, -0.2) is 0 Å². The minimum absolute atomic E-state index is 0.984. The SMILES string of the molecule is CC.CSC.c1ccc(N(c2ccc(-c3cccc(-c4ccc5c(c4)c4c6cc7c(cc6ccc4n5-c4ccccc4)Cc4ccccc4-7)c3)cc2)c2ccc3c4ccccc4n(-c4ccccc4)c3c2)cc1. The summed E-state index contributed by atoms with van der Waals surface area (Å²) in [6, 6.07) is 91.3. The zero-order chi connectivity index (χ0) is 49.4. The van der Waals surface area contributed by atoms with Crippen molar-refractivity contribution in [1.82, 2.24) is 9.13 Å². The van der Waals surface area contributed by atoms with Crippen LogP contribution in [0.5, 0.6) is 0 Å². The molecule has 0 radical (unpaired) electrons. The second-order valence-corrected chi connectivity index (χ2v) is 19.3. The summed E-state index contributed by atoms with van der Waals surface area (Å²) in [7, 11) is 0. The van der Waals surface area contributed by atoms with Gasteiger partial charge in [0.05, 0.1) is 22.1 Å². The highest BCUT2D eigenvalue weighted by Crippen LogP contribution is 2.45. The number of hydrogen-bond donors (Lipinski definition) is 0. The Hall–Kier alpha value is -8.57. The molecule has 0 bridgehead atoms. The highest BCUT2D eigenvalue weighted by molar-refractivity contribution is 7.97. The summed E-state index contributed by atoms with van der Waals surface area (Å²) in [4.78, 5) is 2.37. The molecule has 0 spiro atoms. The molecule has 1 aliphatic carbocycles. The Bertz CT molecular complexity index is 4110. The van der Waals surface area contributed by atoms with Gasteiger partial charge in [-0.1, -0.05) is 166 Å². The summed E-state index contributed by atoms with van der Waals surface area (Å²) in [6.45, 7) is 4.00. The summed E-state index contributed by atoms with van der Waals surface area (Å²) in [6.07, 6.45) is 5.07. The molecule has 2 heterocycles. The number of anilines is 3. The van der Waals surface area contributed by atoms with Crippen LogP contribution in [0.3, 0.4) is 0 Å². The number of aromatic nitrogens is 2. The van der Waals surface area contributed by atoms with Crippen LogP contribution in [0.15, 0.2) is 249 Å². The van der Waals surface area contributed by atoms with Gasteiger partial charge in [0.1, 0.15) is 0 Å². The Morgan fingerprint density at radius 3 is 1.63 bits per heavy atom. The summed E-state index contributed by atoms with van der Waals surface area (Å²) < 4.78 is 4.83. The minimum Gasteiger partial charge on any atom is -0.310 e. The smallest absolute Gasteiger partial charge is 0.0561 e. The highest BCUT2D eigenvalue weighted by Gasteiger charge is 2.23. The van der Waals surface area contributed by atoms with Crippen LogP contribution in [0, 0.1) is 0 Å². The van der Waals surface area contributed by atoms with Crippen LogP contribution in [0.4, 0.5) is 17.1 Å². The Morgan fingerprint density at radius 1 is 0.342 bits per heavy atom. The van der Waals surface area contributed by atoms with Gasteiger partial charge in [0.2, 0.25) is 0 Å². The number of rotatable bonds is 7. The van der Waals surface area contributed by atoms with Gasteiger partial charge < -0.3 is 14.0 Å². The van der Waals surface area contributed by atoms with Crippen LogP contribution in [-0.4, -0.2) is 21.6 Å². The largest absolute Gasteiger partial charge is 0.310 e. The lowest BCUT2D eigenvalue weighted by atomic mass is 9.95. The summed E-state index contributed by atoms with van der Waals surface area (Å²) in [5, 5.41) is 7.63. The standard InChI is InChI=1S/C65H43N3.C2H6S.C2H6/c1-4-18-50(19-5-1)66(54-33-34-57-56-25-12-13-26-61(56)68(64(57)41-54)52-22-8-3-9-23-52)53-31-27-43(28-32-53)44-16-14-17-45(37-44)46-29-35-62-60(40-46)65-59-42-58-49(38-47-15-10-11-24-55(47)58)39-48(59)30-36-63(65)67(62)51-20-6-2-7-21-51;1-3-2;1-2/h1-37,39-42H,38H2;1-2H3;1-2H3. The molecule has 11 aromatic carbocycles. The maximum Gasteiger partial charge on any atom is 0.0561 e. The van der Waals surface area contributed by atoms with Crippen LogP contribution in [0.25, 0.3) is 99.1 Å². The van der Waals surface area contributed by atoms with Gasteiger partial charge >= 0.3 is 0 Å². The topological polar surface area (TPSA) is 13.1 Å². The third-order valence-electron chi connectivity index (χ3n) is 14.3. The minimum atomic E-state index is 0.984. The fourth-order valence-corrected chi connectivity index (χ4v) is 11.2. The molecule has 14 rings (SSSR count). The monoisotopic (exact) mass is 957 g/mol. The normalized spacial score (nSPS) is 11.6. The van der Waals surface area contributed by atoms with Crippen molar-refractivity contribution in [2.45, 2.75) is 20.3 Å². The Morgan fingerprint density at radius 2 is 0.890 bits per heavy atom.